The van der Waals surface area contributed by atoms with Gasteiger partial charge in [0.15, 0.2) is 0 Å². The lowest BCUT2D eigenvalue weighted by Gasteiger charge is -2.11. The Morgan fingerprint density at radius 2 is 2.00 bits per heavy atom. The molecular weight excluding hydrogens is 204 g/mol. The predicted molar refractivity (Wildman–Crippen MR) is 52.0 cm³/mol. The first kappa shape index (κ1) is 10.2. The number of fused-ring (bicyclic) bond motifs is 1. The monoisotopic (exact) mass is 218 g/mol. The summed E-state index contributed by atoms with van der Waals surface area (Å²) < 4.78 is 4.71. The van der Waals surface area contributed by atoms with Crippen molar-refractivity contribution in [3.05, 3.63) is 0 Å². The molecule has 0 saturated heterocycles. The second kappa shape index (κ2) is 3.70. The Bertz CT molecular complexity index is 228. The van der Waals surface area contributed by atoms with E-state index in [0.717, 1.165) is 12.8 Å². The van der Waals surface area contributed by atoms with E-state index in [4.69, 9.17) is 16.3 Å². The van der Waals surface area contributed by atoms with Crippen LogP contribution in [0.3, 0.4) is 0 Å². The molecule has 0 aromatic carbocycles. The van der Waals surface area contributed by atoms with Gasteiger partial charge in [0.25, 0.3) is 0 Å². The number of carbonyl (C=O) groups excluding carboxylic acids is 1. The normalized spacial score (nSPS) is 46.4. The minimum atomic E-state index is -0.322. The summed E-state index contributed by atoms with van der Waals surface area (Å²) in [6.07, 6.45) is 1.87. The molecule has 2 saturated carbocycles. The zero-order valence-corrected chi connectivity index (χ0v) is 8.91. The van der Waals surface area contributed by atoms with E-state index in [-0.39, 0.29) is 29.3 Å². The summed E-state index contributed by atoms with van der Waals surface area (Å²) in [5.74, 6) is 0.305. The van der Waals surface area contributed by atoms with Gasteiger partial charge in [-0.1, -0.05) is 0 Å². The SMILES string of the molecule is COC(=O)[C@H]1C[C@@H]2[C@H](C1)[C@@H](Cl)C[C@@H]2O. The van der Waals surface area contributed by atoms with E-state index >= 15 is 0 Å². The molecule has 80 valence electrons. The first-order valence-corrected chi connectivity index (χ1v) is 5.47. The van der Waals surface area contributed by atoms with Crippen molar-refractivity contribution in [3.8, 4) is 0 Å². The first-order chi connectivity index (χ1) is 6.63. The van der Waals surface area contributed by atoms with Gasteiger partial charge in [-0.25, -0.2) is 0 Å². The third-order valence-corrected chi connectivity index (χ3v) is 4.13. The van der Waals surface area contributed by atoms with Crippen LogP contribution in [0.1, 0.15) is 19.3 Å². The number of hydrogen-bond acceptors (Lipinski definition) is 3. The van der Waals surface area contributed by atoms with Gasteiger partial charge in [0.05, 0.1) is 19.1 Å². The maximum absolute atomic E-state index is 11.3. The first-order valence-electron chi connectivity index (χ1n) is 5.03. The molecule has 2 aliphatic carbocycles. The van der Waals surface area contributed by atoms with Gasteiger partial charge >= 0.3 is 5.97 Å². The summed E-state index contributed by atoms with van der Waals surface area (Å²) in [4.78, 5) is 11.3. The molecule has 0 spiro atoms. The number of alkyl halides is 1. The van der Waals surface area contributed by atoms with Crippen molar-refractivity contribution in [2.75, 3.05) is 7.11 Å². The van der Waals surface area contributed by atoms with Gasteiger partial charge in [-0.15, -0.1) is 11.6 Å². The summed E-state index contributed by atoms with van der Waals surface area (Å²) in [7, 11) is 1.41. The van der Waals surface area contributed by atoms with Crippen LogP contribution in [0.2, 0.25) is 0 Å². The number of ether oxygens (including phenoxy) is 1. The minimum Gasteiger partial charge on any atom is -0.469 e. The summed E-state index contributed by atoms with van der Waals surface area (Å²) in [6.45, 7) is 0. The molecule has 0 bridgehead atoms. The second-order valence-corrected chi connectivity index (χ2v) is 4.90. The van der Waals surface area contributed by atoms with Gasteiger partial charge in [0, 0.05) is 5.38 Å². The number of halogens is 1. The smallest absolute Gasteiger partial charge is 0.308 e. The molecule has 2 fully saturated rings. The Labute approximate surface area is 88.4 Å². The molecule has 0 amide bonds. The maximum Gasteiger partial charge on any atom is 0.308 e. The van der Waals surface area contributed by atoms with Crippen molar-refractivity contribution in [2.45, 2.75) is 30.7 Å². The Morgan fingerprint density at radius 1 is 1.36 bits per heavy atom. The zero-order chi connectivity index (χ0) is 10.3. The molecule has 1 N–H and O–H groups in total. The summed E-state index contributed by atoms with van der Waals surface area (Å²) in [6, 6.07) is 0. The Kier molecular flexibility index (Phi) is 2.71. The van der Waals surface area contributed by atoms with E-state index in [9.17, 15) is 9.90 Å². The van der Waals surface area contributed by atoms with Crippen LogP contribution in [0.25, 0.3) is 0 Å². The molecule has 5 atom stereocenters. The van der Waals surface area contributed by atoms with Gasteiger partial charge in [-0.2, -0.15) is 0 Å². The van der Waals surface area contributed by atoms with Crippen LogP contribution in [-0.2, 0) is 9.53 Å². The highest BCUT2D eigenvalue weighted by molar-refractivity contribution is 6.21. The predicted octanol–water partition coefficient (Wildman–Crippen LogP) is 1.17. The highest BCUT2D eigenvalue weighted by atomic mass is 35.5. The molecule has 2 aliphatic rings. The topological polar surface area (TPSA) is 46.5 Å². The number of aliphatic hydroxyl groups excluding tert-OH is 1. The van der Waals surface area contributed by atoms with Crippen LogP contribution < -0.4 is 0 Å². The van der Waals surface area contributed by atoms with E-state index in [1.807, 2.05) is 0 Å². The largest absolute Gasteiger partial charge is 0.469 e. The summed E-state index contributed by atoms with van der Waals surface area (Å²) in [5, 5.41) is 9.74. The second-order valence-electron chi connectivity index (χ2n) is 4.34. The summed E-state index contributed by atoms with van der Waals surface area (Å²) >= 11 is 6.11. The number of carbonyl (C=O) groups is 1. The Balaban J connectivity index is 2.04. The lowest BCUT2D eigenvalue weighted by atomic mass is 9.99. The van der Waals surface area contributed by atoms with Crippen LogP contribution in [0.15, 0.2) is 0 Å². The summed E-state index contributed by atoms with van der Waals surface area (Å²) in [5.41, 5.74) is 0. The van der Waals surface area contributed by atoms with Crippen LogP contribution >= 0.6 is 11.6 Å². The minimum absolute atomic E-state index is 0.0321. The van der Waals surface area contributed by atoms with Crippen LogP contribution in [-0.4, -0.2) is 29.7 Å². The van der Waals surface area contributed by atoms with Gasteiger partial charge in [0.1, 0.15) is 0 Å². The van der Waals surface area contributed by atoms with Gasteiger partial charge in [0.2, 0.25) is 0 Å². The zero-order valence-electron chi connectivity index (χ0n) is 8.15. The molecule has 4 heteroatoms. The molecule has 0 aromatic rings. The lowest BCUT2D eigenvalue weighted by molar-refractivity contribution is -0.145. The average molecular weight is 219 g/mol. The third-order valence-electron chi connectivity index (χ3n) is 3.62. The molecule has 14 heavy (non-hydrogen) atoms. The molecule has 0 aromatic heterocycles. The van der Waals surface area contributed by atoms with Gasteiger partial charge < -0.3 is 9.84 Å². The quantitative estimate of drug-likeness (QED) is 0.531. The van der Waals surface area contributed by atoms with Crippen molar-refractivity contribution in [3.63, 3.8) is 0 Å². The molecule has 0 heterocycles. The molecular formula is C10H15ClO3. The van der Waals surface area contributed by atoms with Crippen molar-refractivity contribution in [1.29, 1.82) is 0 Å². The fraction of sp³-hybridized carbons (Fsp3) is 0.900. The van der Waals surface area contributed by atoms with E-state index in [1.165, 1.54) is 7.11 Å². The van der Waals surface area contributed by atoms with Crippen LogP contribution in [0.5, 0.6) is 0 Å². The van der Waals surface area contributed by atoms with Crippen LogP contribution in [0.4, 0.5) is 0 Å². The number of rotatable bonds is 1. The standard InChI is InChI=1S/C10H15ClO3/c1-14-10(13)5-2-6-7(3-5)9(12)4-8(6)11/h5-9,12H,2-4H2,1H3/t5-,6+,7-,8+,9+/m1/s1. The number of methoxy groups -OCH3 is 1. The number of esters is 1. The van der Waals surface area contributed by atoms with Crippen molar-refractivity contribution in [1.82, 2.24) is 0 Å². The molecule has 2 rings (SSSR count). The molecule has 3 nitrogen and oxygen atoms in total. The fourth-order valence-electron chi connectivity index (χ4n) is 2.90. The van der Waals surface area contributed by atoms with E-state index < -0.39 is 0 Å². The number of hydrogen-bond donors (Lipinski definition) is 1. The number of aliphatic hydroxyl groups is 1. The van der Waals surface area contributed by atoms with Gasteiger partial charge in [-0.05, 0) is 31.1 Å². The van der Waals surface area contributed by atoms with E-state index in [2.05, 4.69) is 0 Å². The highest BCUT2D eigenvalue weighted by Gasteiger charge is 2.49. The van der Waals surface area contributed by atoms with E-state index in [1.54, 1.807) is 0 Å². The molecule has 0 aliphatic heterocycles. The van der Waals surface area contributed by atoms with Gasteiger partial charge in [-0.3, -0.25) is 4.79 Å². The maximum atomic E-state index is 11.3. The van der Waals surface area contributed by atoms with Crippen LogP contribution in [0, 0.1) is 17.8 Å². The van der Waals surface area contributed by atoms with Crippen molar-refractivity contribution in [2.24, 2.45) is 17.8 Å². The average Bonchev–Trinajstić information content (AvgIpc) is 2.69. The molecule has 0 radical (unpaired) electrons. The van der Waals surface area contributed by atoms with Crippen molar-refractivity contribution >= 4 is 17.6 Å². The van der Waals surface area contributed by atoms with E-state index in [0.29, 0.717) is 12.3 Å². The van der Waals surface area contributed by atoms with Crippen molar-refractivity contribution < 1.29 is 14.6 Å². The Morgan fingerprint density at radius 3 is 2.57 bits per heavy atom. The third kappa shape index (κ3) is 1.52. The lowest BCUT2D eigenvalue weighted by Crippen LogP contribution is -2.17. The molecule has 0 unspecified atom stereocenters. The fourth-order valence-corrected chi connectivity index (χ4v) is 3.37. The Hall–Kier alpha value is -0.280. The highest BCUT2D eigenvalue weighted by Crippen LogP contribution is 2.49.